The van der Waals surface area contributed by atoms with E-state index in [0.717, 1.165) is 0 Å². The minimum Gasteiger partial charge on any atom is -0.414 e. The Morgan fingerprint density at radius 1 is 1.45 bits per heavy atom. The van der Waals surface area contributed by atoms with Crippen LogP contribution in [-0.4, -0.2) is 4.98 Å². The summed E-state index contributed by atoms with van der Waals surface area (Å²) in [7, 11) is 0. The van der Waals surface area contributed by atoms with Gasteiger partial charge in [0, 0.05) is 12.0 Å². The van der Waals surface area contributed by atoms with E-state index < -0.39 is 11.3 Å². The smallest absolute Gasteiger partial charge is 0.414 e. The summed E-state index contributed by atoms with van der Waals surface area (Å²) >= 11 is 0. The quantitative estimate of drug-likeness (QED) is 0.640. The van der Waals surface area contributed by atoms with Crippen molar-refractivity contribution >= 4 is 0 Å². The highest BCUT2D eigenvalue weighted by molar-refractivity contribution is 4.98. The van der Waals surface area contributed by atoms with E-state index in [9.17, 15) is 9.59 Å². The van der Waals surface area contributed by atoms with Crippen molar-refractivity contribution in [1.82, 2.24) is 4.98 Å². The molecular weight excluding hydrogens is 146 g/mol. The minimum atomic E-state index is -0.693. The van der Waals surface area contributed by atoms with Crippen LogP contribution in [0.15, 0.2) is 20.1 Å². The van der Waals surface area contributed by atoms with Crippen LogP contribution in [0.2, 0.25) is 0 Å². The predicted molar refractivity (Wildman–Crippen MR) is 39.7 cm³/mol. The van der Waals surface area contributed by atoms with Crippen molar-refractivity contribution in [3.63, 3.8) is 0 Å². The Labute approximate surface area is 62.9 Å². The molecule has 1 N–H and O–H groups in total. The second-order valence-corrected chi connectivity index (χ2v) is 2.58. The molecule has 0 spiro atoms. The van der Waals surface area contributed by atoms with Crippen LogP contribution >= 0.6 is 0 Å². The fourth-order valence-electron chi connectivity index (χ4n) is 0.712. The van der Waals surface area contributed by atoms with Gasteiger partial charge in [0.25, 0.3) is 5.56 Å². The van der Waals surface area contributed by atoms with Crippen molar-refractivity contribution in [2.75, 3.05) is 0 Å². The lowest BCUT2D eigenvalue weighted by Crippen LogP contribution is -2.18. The molecule has 0 amide bonds. The normalized spacial score (nSPS) is 10.5. The highest BCUT2D eigenvalue weighted by Crippen LogP contribution is 2.07. The van der Waals surface area contributed by atoms with Gasteiger partial charge in [-0.25, -0.2) is 4.79 Å². The third-order valence-corrected chi connectivity index (χ3v) is 1.28. The SMILES string of the molecule is CC(C)c1cc(=O)[nH]c(=O)o1. The summed E-state index contributed by atoms with van der Waals surface area (Å²) in [6.07, 6.45) is 0. The lowest BCUT2D eigenvalue weighted by atomic mass is 10.1. The van der Waals surface area contributed by atoms with E-state index in [-0.39, 0.29) is 5.92 Å². The Hall–Kier alpha value is -1.32. The van der Waals surface area contributed by atoms with E-state index >= 15 is 0 Å². The maximum absolute atomic E-state index is 10.7. The van der Waals surface area contributed by atoms with Crippen LogP contribution in [0.3, 0.4) is 0 Å². The zero-order valence-electron chi connectivity index (χ0n) is 6.38. The van der Waals surface area contributed by atoms with Gasteiger partial charge < -0.3 is 4.42 Å². The van der Waals surface area contributed by atoms with Gasteiger partial charge in [0.15, 0.2) is 0 Å². The molecule has 0 radical (unpaired) electrons. The Morgan fingerprint density at radius 3 is 2.55 bits per heavy atom. The fourth-order valence-corrected chi connectivity index (χ4v) is 0.712. The number of aromatic nitrogens is 1. The number of nitrogens with one attached hydrogen (secondary N) is 1. The molecule has 0 unspecified atom stereocenters. The van der Waals surface area contributed by atoms with Crippen LogP contribution in [-0.2, 0) is 0 Å². The molecule has 1 aromatic heterocycles. The van der Waals surface area contributed by atoms with Crippen molar-refractivity contribution in [2.45, 2.75) is 19.8 Å². The Kier molecular flexibility index (Phi) is 1.94. The Morgan fingerprint density at radius 2 is 2.09 bits per heavy atom. The maximum atomic E-state index is 10.7. The van der Waals surface area contributed by atoms with Gasteiger partial charge in [0.2, 0.25) is 0 Å². The van der Waals surface area contributed by atoms with E-state index in [1.54, 1.807) is 0 Å². The minimum absolute atomic E-state index is 0.0602. The van der Waals surface area contributed by atoms with Crippen LogP contribution in [0.1, 0.15) is 25.5 Å². The maximum Gasteiger partial charge on any atom is 0.419 e. The number of rotatable bonds is 1. The average Bonchev–Trinajstić information content (AvgIpc) is 1.85. The van der Waals surface area contributed by atoms with Crippen LogP contribution < -0.4 is 11.3 Å². The Balaban J connectivity index is 3.30. The molecule has 11 heavy (non-hydrogen) atoms. The predicted octanol–water partition coefficient (Wildman–Crippen LogP) is 0.452. The summed E-state index contributed by atoms with van der Waals surface area (Å²) in [6.45, 7) is 3.69. The molecule has 0 aliphatic rings. The van der Waals surface area contributed by atoms with Crippen LogP contribution in [0.5, 0.6) is 0 Å². The van der Waals surface area contributed by atoms with E-state index in [2.05, 4.69) is 0 Å². The number of aromatic amines is 1. The Bertz CT molecular complexity index is 319. The van der Waals surface area contributed by atoms with Gasteiger partial charge in [-0.15, -0.1) is 0 Å². The molecule has 4 heteroatoms. The van der Waals surface area contributed by atoms with Gasteiger partial charge in [-0.3, -0.25) is 9.78 Å². The van der Waals surface area contributed by atoms with Gasteiger partial charge in [-0.1, -0.05) is 13.8 Å². The summed E-state index contributed by atoms with van der Waals surface area (Å²) in [5.41, 5.74) is -0.412. The molecule has 4 nitrogen and oxygen atoms in total. The van der Waals surface area contributed by atoms with E-state index in [1.165, 1.54) is 6.07 Å². The van der Waals surface area contributed by atoms with Crippen molar-refractivity contribution < 1.29 is 4.42 Å². The molecule has 0 saturated carbocycles. The van der Waals surface area contributed by atoms with Crippen LogP contribution in [0.25, 0.3) is 0 Å². The van der Waals surface area contributed by atoms with E-state index in [0.29, 0.717) is 5.76 Å². The zero-order valence-corrected chi connectivity index (χ0v) is 6.38. The lowest BCUT2D eigenvalue weighted by molar-refractivity contribution is 0.416. The number of hydrogen-bond donors (Lipinski definition) is 1. The number of hydrogen-bond acceptors (Lipinski definition) is 3. The average molecular weight is 155 g/mol. The molecule has 0 saturated heterocycles. The highest BCUT2D eigenvalue weighted by atomic mass is 16.4. The first-order valence-corrected chi connectivity index (χ1v) is 3.34. The second kappa shape index (κ2) is 2.74. The van der Waals surface area contributed by atoms with Crippen molar-refractivity contribution in [2.24, 2.45) is 0 Å². The number of H-pyrrole nitrogens is 1. The molecule has 0 aliphatic carbocycles. The first kappa shape index (κ1) is 7.78. The molecule has 1 rings (SSSR count). The second-order valence-electron chi connectivity index (χ2n) is 2.58. The van der Waals surface area contributed by atoms with Crippen molar-refractivity contribution in [3.8, 4) is 0 Å². The summed E-state index contributed by atoms with van der Waals surface area (Å²) in [6, 6.07) is 1.28. The zero-order chi connectivity index (χ0) is 8.43. The summed E-state index contributed by atoms with van der Waals surface area (Å²) in [4.78, 5) is 23.3. The van der Waals surface area contributed by atoms with Gasteiger partial charge in [0.1, 0.15) is 5.76 Å². The van der Waals surface area contributed by atoms with Gasteiger partial charge in [-0.05, 0) is 0 Å². The molecule has 0 fully saturated rings. The monoisotopic (exact) mass is 155 g/mol. The topological polar surface area (TPSA) is 63.1 Å². The highest BCUT2D eigenvalue weighted by Gasteiger charge is 2.02. The first-order chi connectivity index (χ1) is 5.09. The van der Waals surface area contributed by atoms with Gasteiger partial charge >= 0.3 is 5.76 Å². The molecule has 0 atom stereocenters. The third-order valence-electron chi connectivity index (χ3n) is 1.28. The lowest BCUT2D eigenvalue weighted by Gasteiger charge is -1.99. The molecule has 0 aromatic carbocycles. The molecule has 0 aliphatic heterocycles. The standard InChI is InChI=1S/C7H9NO3/c1-4(2)5-3-6(9)8-7(10)11-5/h3-4H,1-2H3,(H,8,9,10). The van der Waals surface area contributed by atoms with Crippen LogP contribution in [0.4, 0.5) is 0 Å². The van der Waals surface area contributed by atoms with Gasteiger partial charge in [-0.2, -0.15) is 0 Å². The van der Waals surface area contributed by atoms with Crippen molar-refractivity contribution in [3.05, 3.63) is 32.7 Å². The molecule has 1 heterocycles. The molecular formula is C7H9NO3. The first-order valence-electron chi connectivity index (χ1n) is 3.34. The van der Waals surface area contributed by atoms with E-state index in [4.69, 9.17) is 4.42 Å². The third kappa shape index (κ3) is 1.80. The molecule has 60 valence electrons. The summed E-state index contributed by atoms with van der Waals surface area (Å²) in [5, 5.41) is 0. The fraction of sp³-hybridized carbons (Fsp3) is 0.429. The van der Waals surface area contributed by atoms with Crippen LogP contribution in [0, 0.1) is 0 Å². The molecule has 0 bridgehead atoms. The molecule has 1 aromatic rings. The van der Waals surface area contributed by atoms with Crippen molar-refractivity contribution in [1.29, 1.82) is 0 Å². The summed E-state index contributed by atoms with van der Waals surface area (Å²) < 4.78 is 4.71. The summed E-state index contributed by atoms with van der Waals surface area (Å²) in [5.74, 6) is -0.218. The largest absolute Gasteiger partial charge is 0.419 e. The van der Waals surface area contributed by atoms with E-state index in [1.807, 2.05) is 18.8 Å². The van der Waals surface area contributed by atoms with Gasteiger partial charge in [0.05, 0.1) is 0 Å².